The van der Waals surface area contributed by atoms with Gasteiger partial charge in [0.05, 0.1) is 15.7 Å². The number of thiazole rings is 1. The third-order valence-electron chi connectivity index (χ3n) is 2.31. The molecule has 0 unspecified atom stereocenters. The van der Waals surface area contributed by atoms with Crippen LogP contribution in [0.25, 0.3) is 0 Å². The van der Waals surface area contributed by atoms with Gasteiger partial charge in [0.1, 0.15) is 5.69 Å². The Kier molecular flexibility index (Phi) is 4.03. The molecule has 0 radical (unpaired) electrons. The van der Waals surface area contributed by atoms with Gasteiger partial charge in [0, 0.05) is 12.7 Å². The Hall–Kier alpha value is -1.34. The van der Waals surface area contributed by atoms with E-state index in [4.69, 9.17) is 5.73 Å². The molecular formula is C11H13BrN4OS. The zero-order chi connectivity index (χ0) is 13.1. The monoisotopic (exact) mass is 328 g/mol. The van der Waals surface area contributed by atoms with E-state index in [-0.39, 0.29) is 5.91 Å². The second-order valence-corrected chi connectivity index (χ2v) is 6.19. The third kappa shape index (κ3) is 2.91. The fraction of sp³-hybridized carbons (Fsp3) is 0.273. The molecule has 2 aromatic heterocycles. The first kappa shape index (κ1) is 13.1. The Bertz CT molecular complexity index is 563. The van der Waals surface area contributed by atoms with Crippen LogP contribution in [0.5, 0.6) is 0 Å². The third-order valence-corrected chi connectivity index (χ3v) is 3.70. The van der Waals surface area contributed by atoms with E-state index in [0.717, 1.165) is 16.8 Å². The molecule has 3 N–H and O–H groups in total. The van der Waals surface area contributed by atoms with Gasteiger partial charge < -0.3 is 10.3 Å². The van der Waals surface area contributed by atoms with Crippen LogP contribution in [0.3, 0.4) is 0 Å². The van der Waals surface area contributed by atoms with Crippen molar-refractivity contribution in [3.05, 3.63) is 27.9 Å². The van der Waals surface area contributed by atoms with Crippen LogP contribution in [0.4, 0.5) is 10.8 Å². The van der Waals surface area contributed by atoms with E-state index < -0.39 is 0 Å². The number of carbonyl (C=O) groups excluding carboxylic acids is 1. The predicted molar refractivity (Wildman–Crippen MR) is 76.9 cm³/mol. The van der Waals surface area contributed by atoms with Gasteiger partial charge in [-0.05, 0) is 28.4 Å². The maximum atomic E-state index is 12.1. The van der Waals surface area contributed by atoms with Gasteiger partial charge in [0.15, 0.2) is 5.13 Å². The Labute approximate surface area is 117 Å². The minimum Gasteiger partial charge on any atom is -0.397 e. The van der Waals surface area contributed by atoms with Crippen molar-refractivity contribution in [3.63, 3.8) is 0 Å². The van der Waals surface area contributed by atoms with E-state index in [2.05, 4.69) is 33.2 Å². The van der Waals surface area contributed by atoms with Crippen molar-refractivity contribution in [2.45, 2.75) is 19.9 Å². The molecule has 0 bridgehead atoms. The largest absolute Gasteiger partial charge is 0.397 e. The molecule has 2 rings (SSSR count). The molecule has 2 aromatic rings. The molecule has 18 heavy (non-hydrogen) atoms. The number of hydrogen-bond acceptors (Lipinski definition) is 4. The summed E-state index contributed by atoms with van der Waals surface area (Å²) in [6, 6.07) is 1.67. The van der Waals surface area contributed by atoms with Crippen LogP contribution in [-0.2, 0) is 6.54 Å². The summed E-state index contributed by atoms with van der Waals surface area (Å²) in [6.07, 6.45) is 4.37. The van der Waals surface area contributed by atoms with Gasteiger partial charge >= 0.3 is 0 Å². The Balaban J connectivity index is 2.17. The van der Waals surface area contributed by atoms with Crippen LogP contribution in [0.2, 0.25) is 0 Å². The summed E-state index contributed by atoms with van der Waals surface area (Å²) in [4.78, 5) is 16.2. The number of rotatable bonds is 4. The smallest absolute Gasteiger partial charge is 0.274 e. The molecule has 0 aliphatic carbocycles. The Morgan fingerprint density at radius 3 is 3.06 bits per heavy atom. The SMILES string of the molecule is CCCn1cc(N)cc1C(=O)Nc1ncc(Br)s1. The number of aryl methyl sites for hydroxylation is 1. The van der Waals surface area contributed by atoms with Crippen molar-refractivity contribution in [2.75, 3.05) is 11.1 Å². The molecule has 0 aromatic carbocycles. The minimum atomic E-state index is -0.193. The van der Waals surface area contributed by atoms with Crippen molar-refractivity contribution in [3.8, 4) is 0 Å². The fourth-order valence-electron chi connectivity index (χ4n) is 1.62. The zero-order valence-electron chi connectivity index (χ0n) is 9.81. The molecule has 2 heterocycles. The lowest BCUT2D eigenvalue weighted by Gasteiger charge is -2.06. The summed E-state index contributed by atoms with van der Waals surface area (Å²) < 4.78 is 2.73. The molecule has 0 atom stereocenters. The molecule has 96 valence electrons. The zero-order valence-corrected chi connectivity index (χ0v) is 12.2. The van der Waals surface area contributed by atoms with Gasteiger partial charge in [-0.2, -0.15) is 0 Å². The molecule has 1 amide bonds. The highest BCUT2D eigenvalue weighted by atomic mass is 79.9. The predicted octanol–water partition coefficient (Wildman–Crippen LogP) is 2.95. The van der Waals surface area contributed by atoms with Gasteiger partial charge in [-0.25, -0.2) is 4.98 Å². The van der Waals surface area contributed by atoms with Crippen LogP contribution in [0, 0.1) is 0 Å². The number of amides is 1. The van der Waals surface area contributed by atoms with Crippen molar-refractivity contribution in [1.29, 1.82) is 0 Å². The summed E-state index contributed by atoms with van der Waals surface area (Å²) in [7, 11) is 0. The lowest BCUT2D eigenvalue weighted by molar-refractivity contribution is 0.101. The lowest BCUT2D eigenvalue weighted by atomic mass is 10.3. The average Bonchev–Trinajstić information content (AvgIpc) is 2.86. The van der Waals surface area contributed by atoms with Crippen molar-refractivity contribution in [1.82, 2.24) is 9.55 Å². The van der Waals surface area contributed by atoms with E-state index in [1.807, 2.05) is 4.57 Å². The maximum Gasteiger partial charge on any atom is 0.274 e. The first-order valence-corrected chi connectivity index (χ1v) is 7.09. The Morgan fingerprint density at radius 1 is 1.67 bits per heavy atom. The minimum absolute atomic E-state index is 0.193. The number of aromatic nitrogens is 2. The standard InChI is InChI=1S/C11H13BrN4OS/c1-2-3-16-6-7(13)4-8(16)10(17)15-11-14-5-9(12)18-11/h4-6H,2-3,13H2,1H3,(H,14,15,17). The molecule has 0 spiro atoms. The molecule has 0 aliphatic rings. The summed E-state index contributed by atoms with van der Waals surface area (Å²) in [5.74, 6) is -0.193. The highest BCUT2D eigenvalue weighted by Gasteiger charge is 2.14. The summed E-state index contributed by atoms with van der Waals surface area (Å²) >= 11 is 4.67. The van der Waals surface area contributed by atoms with Crippen LogP contribution >= 0.6 is 27.3 Å². The lowest BCUT2D eigenvalue weighted by Crippen LogP contribution is -2.16. The first-order chi connectivity index (χ1) is 8.60. The summed E-state index contributed by atoms with van der Waals surface area (Å²) in [5, 5.41) is 3.32. The van der Waals surface area contributed by atoms with Crippen molar-refractivity contribution < 1.29 is 4.79 Å². The van der Waals surface area contributed by atoms with Crippen molar-refractivity contribution in [2.24, 2.45) is 0 Å². The van der Waals surface area contributed by atoms with E-state index in [9.17, 15) is 4.79 Å². The normalized spacial score (nSPS) is 10.6. The van der Waals surface area contributed by atoms with Gasteiger partial charge in [0.25, 0.3) is 5.91 Å². The second-order valence-electron chi connectivity index (χ2n) is 3.78. The second kappa shape index (κ2) is 5.53. The molecular weight excluding hydrogens is 316 g/mol. The maximum absolute atomic E-state index is 12.1. The van der Waals surface area contributed by atoms with Gasteiger partial charge in [0.2, 0.25) is 0 Å². The van der Waals surface area contributed by atoms with Gasteiger partial charge in [-0.3, -0.25) is 10.1 Å². The Morgan fingerprint density at radius 2 is 2.44 bits per heavy atom. The molecule has 5 nitrogen and oxygen atoms in total. The summed E-state index contributed by atoms with van der Waals surface area (Å²) in [6.45, 7) is 2.82. The number of nitrogen functional groups attached to an aromatic ring is 1. The highest BCUT2D eigenvalue weighted by Crippen LogP contribution is 2.24. The molecule has 0 aliphatic heterocycles. The number of halogens is 1. The molecule has 0 saturated heterocycles. The number of anilines is 2. The quantitative estimate of drug-likeness (QED) is 0.906. The fourth-order valence-corrected chi connectivity index (χ4v) is 2.72. The molecule has 0 saturated carbocycles. The summed E-state index contributed by atoms with van der Waals surface area (Å²) in [5.41, 5.74) is 6.87. The van der Waals surface area contributed by atoms with Crippen LogP contribution in [0.1, 0.15) is 23.8 Å². The van der Waals surface area contributed by atoms with E-state index in [0.29, 0.717) is 16.5 Å². The van der Waals surface area contributed by atoms with E-state index >= 15 is 0 Å². The van der Waals surface area contributed by atoms with Crippen LogP contribution < -0.4 is 11.1 Å². The number of hydrogen-bond donors (Lipinski definition) is 2. The first-order valence-electron chi connectivity index (χ1n) is 5.48. The number of nitrogens with one attached hydrogen (secondary N) is 1. The topological polar surface area (TPSA) is 72.9 Å². The van der Waals surface area contributed by atoms with Crippen molar-refractivity contribution >= 4 is 44.0 Å². The van der Waals surface area contributed by atoms with E-state index in [1.165, 1.54) is 11.3 Å². The highest BCUT2D eigenvalue weighted by molar-refractivity contribution is 9.11. The van der Waals surface area contributed by atoms with Gasteiger partial charge in [-0.15, -0.1) is 0 Å². The molecule has 7 heteroatoms. The van der Waals surface area contributed by atoms with Crippen LogP contribution in [-0.4, -0.2) is 15.5 Å². The number of nitrogens with two attached hydrogens (primary N) is 1. The number of carbonyl (C=O) groups is 1. The van der Waals surface area contributed by atoms with Crippen LogP contribution in [0.15, 0.2) is 22.2 Å². The van der Waals surface area contributed by atoms with Gasteiger partial charge in [-0.1, -0.05) is 18.3 Å². The average molecular weight is 329 g/mol. The molecule has 0 fully saturated rings. The number of nitrogens with zero attached hydrogens (tertiary/aromatic N) is 2. The van der Waals surface area contributed by atoms with E-state index in [1.54, 1.807) is 18.5 Å².